The van der Waals surface area contributed by atoms with E-state index in [4.69, 9.17) is 9.47 Å². The number of hydrogen-bond donors (Lipinski definition) is 0. The first-order valence-electron chi connectivity index (χ1n) is 11.2. The maximum Gasteiger partial charge on any atom is 0.167 e. The molecule has 4 rings (SSSR count). The summed E-state index contributed by atoms with van der Waals surface area (Å²) in [4.78, 5) is 8.38. The monoisotopic (exact) mass is 488 g/mol. The Hall–Kier alpha value is -4.39. The second-order valence-corrected chi connectivity index (χ2v) is 7.70. The zero-order chi connectivity index (χ0) is 25.5. The Morgan fingerprint density at radius 1 is 0.806 bits per heavy atom. The summed E-state index contributed by atoms with van der Waals surface area (Å²) in [5.41, 5.74) is 1.53. The van der Waals surface area contributed by atoms with Gasteiger partial charge >= 0.3 is 0 Å². The first kappa shape index (κ1) is 24.7. The molecule has 4 nitrogen and oxygen atoms in total. The van der Waals surface area contributed by atoms with Gasteiger partial charge in [-0.3, -0.25) is 0 Å². The van der Waals surface area contributed by atoms with Crippen molar-refractivity contribution in [2.75, 3.05) is 13.2 Å². The van der Waals surface area contributed by atoms with Crippen molar-refractivity contribution >= 4 is 12.2 Å². The summed E-state index contributed by atoms with van der Waals surface area (Å²) in [6.45, 7) is 6.21. The molecule has 0 saturated heterocycles. The van der Waals surface area contributed by atoms with Gasteiger partial charge < -0.3 is 9.47 Å². The molecule has 0 spiro atoms. The van der Waals surface area contributed by atoms with Crippen LogP contribution in [-0.4, -0.2) is 23.2 Å². The molecular formula is C29H23F3N2O2. The van der Waals surface area contributed by atoms with Crippen molar-refractivity contribution in [1.82, 2.24) is 9.97 Å². The van der Waals surface area contributed by atoms with Crippen LogP contribution in [0.3, 0.4) is 0 Å². The fourth-order valence-corrected chi connectivity index (χ4v) is 3.48. The van der Waals surface area contributed by atoms with E-state index < -0.39 is 17.5 Å². The summed E-state index contributed by atoms with van der Waals surface area (Å²) < 4.78 is 54.7. The van der Waals surface area contributed by atoms with E-state index in [9.17, 15) is 13.2 Å². The smallest absolute Gasteiger partial charge is 0.167 e. The highest BCUT2D eigenvalue weighted by Gasteiger charge is 2.14. The van der Waals surface area contributed by atoms with Crippen LogP contribution in [0.1, 0.15) is 18.1 Å². The number of halogens is 3. The largest absolute Gasteiger partial charge is 0.494 e. The molecule has 3 aromatic carbocycles. The fourth-order valence-electron chi connectivity index (χ4n) is 3.48. The van der Waals surface area contributed by atoms with Crippen LogP contribution in [0, 0.1) is 17.5 Å². The molecular weight excluding hydrogens is 465 g/mol. The normalized spacial score (nSPS) is 11.0. The van der Waals surface area contributed by atoms with Crippen molar-refractivity contribution in [3.05, 3.63) is 108 Å². The van der Waals surface area contributed by atoms with E-state index >= 15 is 0 Å². The zero-order valence-electron chi connectivity index (χ0n) is 19.5. The van der Waals surface area contributed by atoms with E-state index in [0.29, 0.717) is 29.2 Å². The van der Waals surface area contributed by atoms with Crippen molar-refractivity contribution in [3.63, 3.8) is 0 Å². The Morgan fingerprint density at radius 3 is 2.17 bits per heavy atom. The fraction of sp³-hybridized carbons (Fsp3) is 0.103. The molecule has 0 aliphatic carbocycles. The maximum absolute atomic E-state index is 14.8. The third kappa shape index (κ3) is 5.63. The molecule has 0 aliphatic rings. The third-order valence-electron chi connectivity index (χ3n) is 5.26. The number of rotatable bonds is 9. The molecule has 1 heterocycles. The van der Waals surface area contributed by atoms with E-state index in [-0.39, 0.29) is 29.1 Å². The molecule has 0 N–H and O–H groups in total. The Balaban J connectivity index is 1.50. The lowest BCUT2D eigenvalue weighted by Gasteiger charge is -2.08. The van der Waals surface area contributed by atoms with Crippen LogP contribution in [0.25, 0.3) is 34.7 Å². The predicted molar refractivity (Wildman–Crippen MR) is 135 cm³/mol. The van der Waals surface area contributed by atoms with Crippen molar-refractivity contribution in [3.8, 4) is 34.0 Å². The van der Waals surface area contributed by atoms with Gasteiger partial charge in [-0.1, -0.05) is 49.1 Å². The molecule has 182 valence electrons. The number of aromatic nitrogens is 2. The van der Waals surface area contributed by atoms with E-state index in [1.54, 1.807) is 42.5 Å². The molecule has 1 aromatic heterocycles. The minimum Gasteiger partial charge on any atom is -0.494 e. The van der Waals surface area contributed by atoms with E-state index in [1.807, 2.05) is 6.92 Å². The Kier molecular flexibility index (Phi) is 7.80. The van der Waals surface area contributed by atoms with Crippen molar-refractivity contribution in [2.45, 2.75) is 6.92 Å². The van der Waals surface area contributed by atoms with Crippen LogP contribution in [0.15, 0.2) is 79.6 Å². The first-order valence-corrected chi connectivity index (χ1v) is 11.2. The molecule has 4 aromatic rings. The van der Waals surface area contributed by atoms with Gasteiger partial charge in [-0.25, -0.2) is 23.1 Å². The highest BCUT2D eigenvalue weighted by Crippen LogP contribution is 2.29. The Morgan fingerprint density at radius 2 is 1.50 bits per heavy atom. The number of ether oxygens (including phenoxy) is 2. The lowest BCUT2D eigenvalue weighted by molar-refractivity contribution is 0.340. The van der Waals surface area contributed by atoms with E-state index in [1.165, 1.54) is 42.7 Å². The molecule has 0 saturated carbocycles. The van der Waals surface area contributed by atoms with Crippen LogP contribution in [0.5, 0.6) is 11.5 Å². The molecule has 0 radical (unpaired) electrons. The van der Waals surface area contributed by atoms with Gasteiger partial charge in [0.15, 0.2) is 17.5 Å². The van der Waals surface area contributed by atoms with Gasteiger partial charge in [0.1, 0.15) is 23.9 Å². The third-order valence-corrected chi connectivity index (χ3v) is 5.26. The van der Waals surface area contributed by atoms with E-state index in [0.717, 1.165) is 0 Å². The maximum atomic E-state index is 14.8. The molecule has 0 aliphatic heterocycles. The number of nitrogens with zero attached hydrogens (tertiary/aromatic N) is 2. The zero-order valence-corrected chi connectivity index (χ0v) is 19.5. The summed E-state index contributed by atoms with van der Waals surface area (Å²) in [6, 6.07) is 14.2. The quantitative estimate of drug-likeness (QED) is 0.231. The Bertz CT molecular complexity index is 1390. The lowest BCUT2D eigenvalue weighted by Crippen LogP contribution is -1.96. The van der Waals surface area contributed by atoms with Gasteiger partial charge in [-0.15, -0.1) is 0 Å². The predicted octanol–water partition coefficient (Wildman–Crippen LogP) is 7.36. The summed E-state index contributed by atoms with van der Waals surface area (Å²) in [5, 5.41) is 0. The molecule has 36 heavy (non-hydrogen) atoms. The van der Waals surface area contributed by atoms with Crippen LogP contribution in [0.4, 0.5) is 13.2 Å². The van der Waals surface area contributed by atoms with Crippen molar-refractivity contribution in [2.24, 2.45) is 0 Å². The second-order valence-electron chi connectivity index (χ2n) is 7.70. The van der Waals surface area contributed by atoms with Gasteiger partial charge in [0.2, 0.25) is 0 Å². The van der Waals surface area contributed by atoms with Gasteiger partial charge in [0, 0.05) is 35.2 Å². The average Bonchev–Trinajstić information content (AvgIpc) is 2.90. The summed E-state index contributed by atoms with van der Waals surface area (Å²) in [6.07, 6.45) is 7.51. The molecule has 0 atom stereocenters. The summed E-state index contributed by atoms with van der Waals surface area (Å²) in [7, 11) is 0. The van der Waals surface area contributed by atoms with Gasteiger partial charge in [0.25, 0.3) is 0 Å². The van der Waals surface area contributed by atoms with Crippen LogP contribution in [-0.2, 0) is 0 Å². The molecule has 7 heteroatoms. The first-order chi connectivity index (χ1) is 17.5. The van der Waals surface area contributed by atoms with E-state index in [2.05, 4.69) is 16.5 Å². The van der Waals surface area contributed by atoms with Gasteiger partial charge in [-0.05, 0) is 36.8 Å². The summed E-state index contributed by atoms with van der Waals surface area (Å²) >= 11 is 0. The van der Waals surface area contributed by atoms with Gasteiger partial charge in [-0.2, -0.15) is 0 Å². The topological polar surface area (TPSA) is 44.2 Å². The van der Waals surface area contributed by atoms with Crippen LogP contribution in [0.2, 0.25) is 0 Å². The van der Waals surface area contributed by atoms with Crippen LogP contribution < -0.4 is 9.47 Å². The number of hydrogen-bond acceptors (Lipinski definition) is 4. The van der Waals surface area contributed by atoms with Gasteiger partial charge in [0.05, 0.1) is 12.2 Å². The average molecular weight is 489 g/mol. The van der Waals surface area contributed by atoms with Crippen molar-refractivity contribution in [1.29, 1.82) is 0 Å². The highest BCUT2D eigenvalue weighted by atomic mass is 19.2. The summed E-state index contributed by atoms with van der Waals surface area (Å²) in [5.74, 6) is -1.20. The molecule has 0 unspecified atom stereocenters. The molecule has 0 bridgehead atoms. The lowest BCUT2D eigenvalue weighted by atomic mass is 10.0. The standard InChI is InChI=1S/C29H23F3N2O2/c1-3-15-36-23-12-14-25(26(30)16-23)29-33-17-19(18-34-29)5-6-21-9-13-24(28(32)27(21)31)20-7-10-22(11-8-20)35-4-2/h3,5-14,16-18H,1,4,15H2,2H3/b6-5+. The van der Waals surface area contributed by atoms with Crippen LogP contribution >= 0.6 is 0 Å². The molecule has 0 amide bonds. The molecule has 0 fully saturated rings. The minimum absolute atomic E-state index is 0.0763. The number of benzene rings is 3. The minimum atomic E-state index is -0.962. The Labute approximate surface area is 207 Å². The van der Waals surface area contributed by atoms with Crippen molar-refractivity contribution < 1.29 is 22.6 Å². The SMILES string of the molecule is C=CCOc1ccc(-c2ncc(/C=C/c3ccc(-c4ccc(OCC)cc4)c(F)c3F)cn2)c(F)c1. The highest BCUT2D eigenvalue weighted by molar-refractivity contribution is 5.73. The second kappa shape index (κ2) is 11.4.